The summed E-state index contributed by atoms with van der Waals surface area (Å²) in [5.74, 6) is 0.609. The molecule has 0 spiro atoms. The smallest absolute Gasteiger partial charge is 0.323 e. The van der Waals surface area contributed by atoms with Crippen molar-refractivity contribution < 1.29 is 9.53 Å². The van der Waals surface area contributed by atoms with Gasteiger partial charge in [-0.05, 0) is 38.8 Å². The summed E-state index contributed by atoms with van der Waals surface area (Å²) in [6.45, 7) is 5.33. The second-order valence-electron chi connectivity index (χ2n) is 7.08. The number of hydrogen-bond acceptors (Lipinski definition) is 4. The van der Waals surface area contributed by atoms with Crippen LogP contribution in [-0.2, 0) is 11.3 Å². The predicted molar refractivity (Wildman–Crippen MR) is 97.8 cm³/mol. The van der Waals surface area contributed by atoms with Gasteiger partial charge in [0.15, 0.2) is 5.82 Å². The number of anilines is 1. The summed E-state index contributed by atoms with van der Waals surface area (Å²) in [6, 6.07) is 2.32. The summed E-state index contributed by atoms with van der Waals surface area (Å²) in [7, 11) is 1.67. The Morgan fingerprint density at radius 1 is 1.24 bits per heavy atom. The maximum atomic E-state index is 12.6. The summed E-state index contributed by atoms with van der Waals surface area (Å²) in [5, 5.41) is 7.31. The van der Waals surface area contributed by atoms with Crippen LogP contribution < -0.4 is 5.32 Å². The lowest BCUT2D eigenvalue weighted by atomic mass is 10.0. The highest BCUT2D eigenvalue weighted by Gasteiger charge is 2.28. The van der Waals surface area contributed by atoms with Crippen molar-refractivity contribution in [2.75, 3.05) is 45.2 Å². The number of nitrogens with one attached hydrogen (secondary N) is 1. The van der Waals surface area contributed by atoms with E-state index in [1.54, 1.807) is 11.8 Å². The molecule has 1 aromatic heterocycles. The van der Waals surface area contributed by atoms with Gasteiger partial charge in [0, 0.05) is 38.5 Å². The van der Waals surface area contributed by atoms with Gasteiger partial charge in [-0.2, -0.15) is 5.10 Å². The van der Waals surface area contributed by atoms with Crippen LogP contribution >= 0.6 is 0 Å². The SMILES string of the molecule is COCCn1ccc(NC(=O)N2CCCC(N3CCCCCC3)C2)n1. The first-order valence-electron chi connectivity index (χ1n) is 9.58. The number of likely N-dealkylation sites (tertiary alicyclic amines) is 2. The van der Waals surface area contributed by atoms with Gasteiger partial charge in [0.1, 0.15) is 0 Å². The first-order valence-corrected chi connectivity index (χ1v) is 9.58. The average molecular weight is 349 g/mol. The minimum absolute atomic E-state index is 0.0310. The van der Waals surface area contributed by atoms with Gasteiger partial charge < -0.3 is 9.64 Å². The van der Waals surface area contributed by atoms with E-state index in [0.717, 1.165) is 19.5 Å². The lowest BCUT2D eigenvalue weighted by Crippen LogP contribution is -2.51. The molecule has 140 valence electrons. The highest BCUT2D eigenvalue weighted by Crippen LogP contribution is 2.20. The van der Waals surface area contributed by atoms with Crippen LogP contribution in [0.3, 0.4) is 0 Å². The molecule has 0 aromatic carbocycles. The van der Waals surface area contributed by atoms with E-state index in [2.05, 4.69) is 15.3 Å². The second kappa shape index (κ2) is 9.20. The number of nitrogens with zero attached hydrogens (tertiary/aromatic N) is 4. The summed E-state index contributed by atoms with van der Waals surface area (Å²) in [6.07, 6.45) is 9.43. The van der Waals surface area contributed by atoms with Crippen LogP contribution in [0.25, 0.3) is 0 Å². The molecule has 0 radical (unpaired) electrons. The molecule has 2 saturated heterocycles. The van der Waals surface area contributed by atoms with E-state index in [4.69, 9.17) is 4.74 Å². The van der Waals surface area contributed by atoms with E-state index in [0.29, 0.717) is 25.0 Å². The molecule has 7 nitrogen and oxygen atoms in total. The molecule has 0 saturated carbocycles. The van der Waals surface area contributed by atoms with E-state index < -0.39 is 0 Å². The van der Waals surface area contributed by atoms with Gasteiger partial charge in [0.25, 0.3) is 0 Å². The Morgan fingerprint density at radius 3 is 2.80 bits per heavy atom. The maximum absolute atomic E-state index is 12.6. The summed E-state index contributed by atoms with van der Waals surface area (Å²) in [5.41, 5.74) is 0. The molecule has 1 N–H and O–H groups in total. The number of methoxy groups -OCH3 is 1. The normalized spacial score (nSPS) is 22.6. The number of urea groups is 1. The van der Waals surface area contributed by atoms with Gasteiger partial charge in [-0.25, -0.2) is 4.79 Å². The molecule has 2 aliphatic heterocycles. The number of amides is 2. The second-order valence-corrected chi connectivity index (χ2v) is 7.08. The number of ether oxygens (including phenoxy) is 1. The molecule has 25 heavy (non-hydrogen) atoms. The number of carbonyl (C=O) groups is 1. The largest absolute Gasteiger partial charge is 0.383 e. The van der Waals surface area contributed by atoms with E-state index in [1.165, 1.54) is 45.2 Å². The Balaban J connectivity index is 1.51. The van der Waals surface area contributed by atoms with Crippen molar-refractivity contribution in [3.63, 3.8) is 0 Å². The molecule has 0 bridgehead atoms. The van der Waals surface area contributed by atoms with Crippen molar-refractivity contribution in [2.24, 2.45) is 0 Å². The Labute approximate surface area is 150 Å². The monoisotopic (exact) mass is 349 g/mol. The molecule has 7 heteroatoms. The zero-order valence-corrected chi connectivity index (χ0v) is 15.3. The standard InChI is InChI=1S/C18H31N5O2/c1-25-14-13-23-12-8-17(20-23)19-18(24)22-11-6-7-16(15-22)21-9-4-2-3-5-10-21/h8,12,16H,2-7,9-11,13-15H2,1H3,(H,19,20,24). The third-order valence-electron chi connectivity index (χ3n) is 5.24. The average Bonchev–Trinajstić information content (AvgIpc) is 2.90. The van der Waals surface area contributed by atoms with Gasteiger partial charge in [-0.3, -0.25) is 14.9 Å². The minimum atomic E-state index is -0.0310. The Morgan fingerprint density at radius 2 is 2.04 bits per heavy atom. The number of rotatable bonds is 5. The quantitative estimate of drug-likeness (QED) is 0.887. The van der Waals surface area contributed by atoms with Gasteiger partial charge in [-0.1, -0.05) is 12.8 Å². The molecular formula is C18H31N5O2. The first-order chi connectivity index (χ1) is 12.3. The molecule has 1 atom stereocenters. The van der Waals surface area contributed by atoms with E-state index in [-0.39, 0.29) is 6.03 Å². The molecule has 2 amide bonds. The molecule has 2 fully saturated rings. The molecule has 1 aromatic rings. The lowest BCUT2D eigenvalue weighted by Gasteiger charge is -2.38. The number of hydrogen-bond donors (Lipinski definition) is 1. The molecule has 0 aliphatic carbocycles. The van der Waals surface area contributed by atoms with Crippen LogP contribution in [0.15, 0.2) is 12.3 Å². The number of piperidine rings is 1. The maximum Gasteiger partial charge on any atom is 0.323 e. The number of aromatic nitrogens is 2. The lowest BCUT2D eigenvalue weighted by molar-refractivity contribution is 0.116. The van der Waals surface area contributed by atoms with Crippen LogP contribution in [0, 0.1) is 0 Å². The fraction of sp³-hybridized carbons (Fsp3) is 0.778. The highest BCUT2D eigenvalue weighted by atomic mass is 16.5. The van der Waals surface area contributed by atoms with Gasteiger partial charge in [-0.15, -0.1) is 0 Å². The van der Waals surface area contributed by atoms with Crippen molar-refractivity contribution >= 4 is 11.8 Å². The van der Waals surface area contributed by atoms with Crippen molar-refractivity contribution in [3.05, 3.63) is 12.3 Å². The van der Waals surface area contributed by atoms with E-state index >= 15 is 0 Å². The zero-order valence-electron chi connectivity index (χ0n) is 15.3. The van der Waals surface area contributed by atoms with Gasteiger partial charge in [0.2, 0.25) is 0 Å². The first kappa shape index (κ1) is 18.2. The minimum Gasteiger partial charge on any atom is -0.383 e. The van der Waals surface area contributed by atoms with Crippen LogP contribution in [0.2, 0.25) is 0 Å². The molecule has 2 aliphatic rings. The van der Waals surface area contributed by atoms with Crippen molar-refractivity contribution in [2.45, 2.75) is 51.1 Å². The van der Waals surface area contributed by atoms with Crippen LogP contribution in [0.4, 0.5) is 10.6 Å². The van der Waals surface area contributed by atoms with Crippen LogP contribution in [0.5, 0.6) is 0 Å². The zero-order chi connectivity index (χ0) is 17.5. The summed E-state index contributed by atoms with van der Waals surface area (Å²) >= 11 is 0. The molecular weight excluding hydrogens is 318 g/mol. The highest BCUT2D eigenvalue weighted by molar-refractivity contribution is 5.88. The molecule has 3 heterocycles. The fourth-order valence-corrected chi connectivity index (χ4v) is 3.82. The Kier molecular flexibility index (Phi) is 6.69. The topological polar surface area (TPSA) is 62.6 Å². The summed E-state index contributed by atoms with van der Waals surface area (Å²) in [4.78, 5) is 17.2. The van der Waals surface area contributed by atoms with Gasteiger partial charge >= 0.3 is 6.03 Å². The van der Waals surface area contributed by atoms with Gasteiger partial charge in [0.05, 0.1) is 13.2 Å². The predicted octanol–water partition coefficient (Wildman–Crippen LogP) is 2.40. The van der Waals surface area contributed by atoms with E-state index in [9.17, 15) is 4.79 Å². The Bertz CT molecular complexity index is 539. The third kappa shape index (κ3) is 5.19. The fourth-order valence-electron chi connectivity index (χ4n) is 3.82. The van der Waals surface area contributed by atoms with E-state index in [1.807, 2.05) is 17.2 Å². The third-order valence-corrected chi connectivity index (χ3v) is 5.24. The Hall–Kier alpha value is -1.60. The summed E-state index contributed by atoms with van der Waals surface area (Å²) < 4.78 is 6.84. The molecule has 1 unspecified atom stereocenters. The molecule has 3 rings (SSSR count). The van der Waals surface area contributed by atoms with Crippen LogP contribution in [-0.4, -0.2) is 71.5 Å². The van der Waals surface area contributed by atoms with Crippen molar-refractivity contribution in [1.29, 1.82) is 0 Å². The van der Waals surface area contributed by atoms with Crippen molar-refractivity contribution in [3.8, 4) is 0 Å². The van der Waals surface area contributed by atoms with Crippen LogP contribution in [0.1, 0.15) is 38.5 Å². The number of carbonyl (C=O) groups excluding carboxylic acids is 1. The van der Waals surface area contributed by atoms with Crippen molar-refractivity contribution in [1.82, 2.24) is 19.6 Å².